The van der Waals surface area contributed by atoms with Crippen LogP contribution in [0.1, 0.15) is 35.7 Å². The summed E-state index contributed by atoms with van der Waals surface area (Å²) < 4.78 is 1.11. The zero-order chi connectivity index (χ0) is 16.4. The van der Waals surface area contributed by atoms with Crippen molar-refractivity contribution in [1.82, 2.24) is 15.0 Å². The molecule has 0 radical (unpaired) electrons. The molecule has 0 aliphatic carbocycles. The maximum absolute atomic E-state index is 12.4. The highest BCUT2D eigenvalue weighted by atomic mass is 16.1. The number of aromatic nitrogens is 3. The van der Waals surface area contributed by atoms with Crippen LogP contribution >= 0.6 is 0 Å². The van der Waals surface area contributed by atoms with Crippen molar-refractivity contribution in [2.24, 2.45) is 0 Å². The maximum atomic E-state index is 12.4. The molecule has 0 spiro atoms. The van der Waals surface area contributed by atoms with Gasteiger partial charge in [-0.25, -0.2) is 4.68 Å². The fourth-order valence-electron chi connectivity index (χ4n) is 2.41. The summed E-state index contributed by atoms with van der Waals surface area (Å²) in [6, 6.07) is 14.4. The quantitative estimate of drug-likeness (QED) is 0.695. The van der Waals surface area contributed by atoms with Gasteiger partial charge in [0, 0.05) is 5.56 Å². The van der Waals surface area contributed by atoms with Crippen LogP contribution in [0.3, 0.4) is 0 Å². The van der Waals surface area contributed by atoms with Crippen molar-refractivity contribution >= 4 is 16.7 Å². The van der Waals surface area contributed by atoms with Gasteiger partial charge in [0.15, 0.2) is 5.78 Å². The van der Waals surface area contributed by atoms with E-state index in [9.17, 15) is 9.59 Å². The van der Waals surface area contributed by atoms with E-state index in [2.05, 4.69) is 24.2 Å². The molecule has 1 heterocycles. The van der Waals surface area contributed by atoms with Crippen LogP contribution in [0.4, 0.5) is 0 Å². The molecular weight excluding hydrogens is 290 g/mol. The summed E-state index contributed by atoms with van der Waals surface area (Å²) in [4.78, 5) is 24.7. The summed E-state index contributed by atoms with van der Waals surface area (Å²) in [5, 5.41) is 8.30. The van der Waals surface area contributed by atoms with Crippen LogP contribution in [0.2, 0.25) is 0 Å². The Kier molecular flexibility index (Phi) is 4.02. The van der Waals surface area contributed by atoms with E-state index in [0.29, 0.717) is 22.4 Å². The first-order valence-corrected chi connectivity index (χ1v) is 7.52. The van der Waals surface area contributed by atoms with E-state index >= 15 is 0 Å². The maximum Gasteiger partial charge on any atom is 0.278 e. The van der Waals surface area contributed by atoms with Gasteiger partial charge in [-0.3, -0.25) is 9.59 Å². The first kappa shape index (κ1) is 15.1. The zero-order valence-corrected chi connectivity index (χ0v) is 13.1. The van der Waals surface area contributed by atoms with Crippen molar-refractivity contribution in [2.75, 3.05) is 0 Å². The van der Waals surface area contributed by atoms with E-state index in [1.54, 1.807) is 36.4 Å². The standard InChI is InChI=1S/C18H17N3O2/c1-12(2)13-7-9-14(10-8-13)17(22)11-21-18(23)15-5-3-4-6-16(15)19-20-21/h3-10,12H,11H2,1-2H3. The smallest absolute Gasteiger partial charge is 0.278 e. The van der Waals surface area contributed by atoms with Crippen LogP contribution in [0.15, 0.2) is 53.3 Å². The molecule has 0 amide bonds. The molecule has 2 aromatic carbocycles. The Hall–Kier alpha value is -2.82. The third-order valence-corrected chi connectivity index (χ3v) is 3.82. The second kappa shape index (κ2) is 6.12. The number of benzene rings is 2. The Bertz CT molecular complexity index is 911. The predicted molar refractivity (Wildman–Crippen MR) is 88.7 cm³/mol. The predicted octanol–water partition coefficient (Wildman–Crippen LogP) is 2.80. The number of carbonyl (C=O) groups excluding carboxylic acids is 1. The molecule has 3 aromatic rings. The van der Waals surface area contributed by atoms with Crippen LogP contribution in [0, 0.1) is 0 Å². The molecule has 5 nitrogen and oxygen atoms in total. The number of Topliss-reactive ketones (excluding diaryl/α,β-unsaturated/α-hetero) is 1. The molecule has 23 heavy (non-hydrogen) atoms. The summed E-state index contributed by atoms with van der Waals surface area (Å²) in [6.07, 6.45) is 0. The lowest BCUT2D eigenvalue weighted by Crippen LogP contribution is -2.27. The lowest BCUT2D eigenvalue weighted by molar-refractivity contribution is 0.0964. The van der Waals surface area contributed by atoms with Gasteiger partial charge >= 0.3 is 0 Å². The van der Waals surface area contributed by atoms with Crippen molar-refractivity contribution in [1.29, 1.82) is 0 Å². The highest BCUT2D eigenvalue weighted by Crippen LogP contribution is 2.15. The van der Waals surface area contributed by atoms with Gasteiger partial charge in [-0.15, -0.1) is 5.10 Å². The highest BCUT2D eigenvalue weighted by molar-refractivity contribution is 5.96. The van der Waals surface area contributed by atoms with Crippen molar-refractivity contribution in [3.63, 3.8) is 0 Å². The molecule has 0 bridgehead atoms. The van der Waals surface area contributed by atoms with Gasteiger partial charge in [0.1, 0.15) is 12.1 Å². The van der Waals surface area contributed by atoms with Gasteiger partial charge in [0.25, 0.3) is 5.56 Å². The summed E-state index contributed by atoms with van der Waals surface area (Å²) in [5.74, 6) is 0.250. The molecule has 0 fully saturated rings. The number of fused-ring (bicyclic) bond motifs is 1. The van der Waals surface area contributed by atoms with Crippen LogP contribution < -0.4 is 5.56 Å². The number of rotatable bonds is 4. The second-order valence-electron chi connectivity index (χ2n) is 5.77. The van der Waals surface area contributed by atoms with Crippen molar-refractivity contribution < 1.29 is 4.79 Å². The molecule has 0 saturated carbocycles. The molecular formula is C18H17N3O2. The lowest BCUT2D eigenvalue weighted by Gasteiger charge is -2.07. The van der Waals surface area contributed by atoms with Crippen molar-refractivity contribution in [3.8, 4) is 0 Å². The van der Waals surface area contributed by atoms with Crippen LogP contribution in [-0.4, -0.2) is 20.8 Å². The minimum Gasteiger partial charge on any atom is -0.292 e. The summed E-state index contributed by atoms with van der Waals surface area (Å²) in [7, 11) is 0. The summed E-state index contributed by atoms with van der Waals surface area (Å²) in [5.41, 5.74) is 1.96. The zero-order valence-electron chi connectivity index (χ0n) is 13.1. The Morgan fingerprint density at radius 3 is 2.48 bits per heavy atom. The third-order valence-electron chi connectivity index (χ3n) is 3.82. The van der Waals surface area contributed by atoms with E-state index in [0.717, 1.165) is 4.68 Å². The first-order valence-electron chi connectivity index (χ1n) is 7.52. The normalized spacial score (nSPS) is 11.1. The molecule has 0 aliphatic heterocycles. The molecule has 0 atom stereocenters. The fourth-order valence-corrected chi connectivity index (χ4v) is 2.41. The molecule has 0 N–H and O–H groups in total. The van der Waals surface area contributed by atoms with Gasteiger partial charge in [0.05, 0.1) is 5.39 Å². The van der Waals surface area contributed by atoms with Crippen LogP contribution in [0.5, 0.6) is 0 Å². The third kappa shape index (κ3) is 3.04. The Morgan fingerprint density at radius 1 is 1.09 bits per heavy atom. The average Bonchev–Trinajstić information content (AvgIpc) is 2.57. The Balaban J connectivity index is 1.88. The first-order chi connectivity index (χ1) is 11.1. The number of carbonyl (C=O) groups is 1. The van der Waals surface area contributed by atoms with Gasteiger partial charge in [-0.1, -0.05) is 55.5 Å². The Labute approximate surface area is 133 Å². The largest absolute Gasteiger partial charge is 0.292 e. The van der Waals surface area contributed by atoms with Gasteiger partial charge in [-0.05, 0) is 23.6 Å². The fraction of sp³-hybridized carbons (Fsp3) is 0.222. The molecule has 1 aromatic heterocycles. The molecule has 0 aliphatic rings. The number of hydrogen-bond donors (Lipinski definition) is 0. The second-order valence-corrected chi connectivity index (χ2v) is 5.77. The topological polar surface area (TPSA) is 64.8 Å². The van der Waals surface area contributed by atoms with Gasteiger partial charge < -0.3 is 0 Å². The summed E-state index contributed by atoms with van der Waals surface area (Å²) >= 11 is 0. The number of hydrogen-bond acceptors (Lipinski definition) is 4. The summed E-state index contributed by atoms with van der Waals surface area (Å²) in [6.45, 7) is 4.08. The van der Waals surface area contributed by atoms with Crippen LogP contribution in [-0.2, 0) is 6.54 Å². The SMILES string of the molecule is CC(C)c1ccc(C(=O)Cn2nnc3ccccc3c2=O)cc1. The highest BCUT2D eigenvalue weighted by Gasteiger charge is 2.11. The molecule has 5 heteroatoms. The van der Waals surface area contributed by atoms with Crippen molar-refractivity contribution in [3.05, 3.63) is 70.0 Å². The van der Waals surface area contributed by atoms with E-state index in [1.165, 1.54) is 5.56 Å². The number of ketones is 1. The van der Waals surface area contributed by atoms with Gasteiger partial charge in [-0.2, -0.15) is 0 Å². The van der Waals surface area contributed by atoms with E-state index in [1.807, 2.05) is 12.1 Å². The minimum absolute atomic E-state index is 0.113. The molecule has 0 unspecified atom stereocenters. The lowest BCUT2D eigenvalue weighted by atomic mass is 10.0. The molecule has 0 saturated heterocycles. The van der Waals surface area contributed by atoms with E-state index in [4.69, 9.17) is 0 Å². The molecule has 3 rings (SSSR count). The van der Waals surface area contributed by atoms with Crippen LogP contribution in [0.25, 0.3) is 10.9 Å². The molecule has 116 valence electrons. The minimum atomic E-state index is -0.303. The van der Waals surface area contributed by atoms with E-state index < -0.39 is 0 Å². The monoisotopic (exact) mass is 307 g/mol. The average molecular weight is 307 g/mol. The Morgan fingerprint density at radius 2 is 1.78 bits per heavy atom. The number of nitrogens with zero attached hydrogens (tertiary/aromatic N) is 3. The van der Waals surface area contributed by atoms with E-state index in [-0.39, 0.29) is 17.9 Å². The van der Waals surface area contributed by atoms with Gasteiger partial charge in [0.2, 0.25) is 0 Å². The van der Waals surface area contributed by atoms with Crippen molar-refractivity contribution in [2.45, 2.75) is 26.3 Å².